The molecule has 0 saturated carbocycles. The Morgan fingerprint density at radius 1 is 0.839 bits per heavy atom. The summed E-state index contributed by atoms with van der Waals surface area (Å²) < 4.78 is 17.5. The van der Waals surface area contributed by atoms with Gasteiger partial charge in [0.2, 0.25) is 0 Å². The molecule has 5 heteroatoms. The first-order valence-electron chi connectivity index (χ1n) is 10.8. The van der Waals surface area contributed by atoms with E-state index in [4.69, 9.17) is 19.2 Å². The number of fused-ring (bicyclic) bond motifs is 1. The lowest BCUT2D eigenvalue weighted by Gasteiger charge is -2.16. The van der Waals surface area contributed by atoms with Gasteiger partial charge < -0.3 is 19.2 Å². The number of benzene rings is 3. The van der Waals surface area contributed by atoms with E-state index in [9.17, 15) is 0 Å². The molecule has 0 fully saturated rings. The van der Waals surface area contributed by atoms with Gasteiger partial charge in [-0.25, -0.2) is 4.98 Å². The van der Waals surface area contributed by atoms with Gasteiger partial charge in [-0.1, -0.05) is 42.5 Å². The maximum Gasteiger partial charge on any atom is 0.141 e. The predicted molar refractivity (Wildman–Crippen MR) is 123 cm³/mol. The molecule has 0 radical (unpaired) electrons. The van der Waals surface area contributed by atoms with E-state index in [2.05, 4.69) is 17.1 Å². The quantitative estimate of drug-likeness (QED) is 0.360. The highest BCUT2D eigenvalue weighted by molar-refractivity contribution is 5.77. The fourth-order valence-electron chi connectivity index (χ4n) is 3.56. The first kappa shape index (κ1) is 20.9. The van der Waals surface area contributed by atoms with Crippen molar-refractivity contribution in [1.82, 2.24) is 9.97 Å². The molecular formula is C26H28N2O3. The molecule has 0 aliphatic carbocycles. The number of ether oxygens (including phenoxy) is 3. The van der Waals surface area contributed by atoms with Crippen LogP contribution in [0.1, 0.15) is 36.9 Å². The Morgan fingerprint density at radius 3 is 2.35 bits per heavy atom. The minimum atomic E-state index is -0.272. The highest BCUT2D eigenvalue weighted by Gasteiger charge is 2.19. The van der Waals surface area contributed by atoms with Crippen molar-refractivity contribution in [3.05, 3.63) is 89.7 Å². The summed E-state index contributed by atoms with van der Waals surface area (Å²) in [6, 6.07) is 24.3. The van der Waals surface area contributed by atoms with Crippen LogP contribution >= 0.6 is 0 Å². The van der Waals surface area contributed by atoms with Crippen molar-refractivity contribution in [3.63, 3.8) is 0 Å². The zero-order valence-electron chi connectivity index (χ0n) is 18.0. The third-order valence-electron chi connectivity index (χ3n) is 5.05. The zero-order valence-corrected chi connectivity index (χ0v) is 18.0. The molecule has 4 rings (SSSR count). The van der Waals surface area contributed by atoms with E-state index in [0.29, 0.717) is 19.8 Å². The van der Waals surface area contributed by atoms with Gasteiger partial charge in [0.1, 0.15) is 23.4 Å². The molecule has 4 aromatic rings. The number of H-pyrrole nitrogens is 1. The molecule has 0 spiro atoms. The van der Waals surface area contributed by atoms with Crippen LogP contribution in [0.2, 0.25) is 0 Å². The summed E-state index contributed by atoms with van der Waals surface area (Å²) in [5.41, 5.74) is 4.13. The van der Waals surface area contributed by atoms with E-state index in [1.165, 1.54) is 5.56 Å². The molecule has 0 amide bonds. The minimum absolute atomic E-state index is 0.272. The summed E-state index contributed by atoms with van der Waals surface area (Å²) in [7, 11) is 0. The number of nitrogens with one attached hydrogen (secondary N) is 1. The van der Waals surface area contributed by atoms with Crippen molar-refractivity contribution in [2.24, 2.45) is 0 Å². The molecule has 31 heavy (non-hydrogen) atoms. The maximum atomic E-state index is 6.03. The SMILES string of the molecule is CCOc1ccc2[nH]c(C(OCC)c3ccc(OCCc4ccccc4)cc3)nc2c1. The molecule has 160 valence electrons. The summed E-state index contributed by atoms with van der Waals surface area (Å²) in [6.45, 7) is 5.82. The monoisotopic (exact) mass is 416 g/mol. The number of aromatic nitrogens is 2. The van der Waals surface area contributed by atoms with E-state index in [0.717, 1.165) is 40.3 Å². The van der Waals surface area contributed by atoms with E-state index >= 15 is 0 Å². The van der Waals surface area contributed by atoms with Crippen LogP contribution in [0.3, 0.4) is 0 Å². The van der Waals surface area contributed by atoms with Crippen molar-refractivity contribution in [2.45, 2.75) is 26.4 Å². The molecular weight excluding hydrogens is 388 g/mol. The highest BCUT2D eigenvalue weighted by atomic mass is 16.5. The lowest BCUT2D eigenvalue weighted by atomic mass is 10.1. The van der Waals surface area contributed by atoms with E-state index in [1.54, 1.807) is 0 Å². The third kappa shape index (κ3) is 5.25. The van der Waals surface area contributed by atoms with Gasteiger partial charge in [-0.05, 0) is 49.2 Å². The molecule has 1 N–H and O–H groups in total. The fourth-order valence-corrected chi connectivity index (χ4v) is 3.56. The molecule has 5 nitrogen and oxygen atoms in total. The van der Waals surface area contributed by atoms with Crippen LogP contribution in [0.25, 0.3) is 11.0 Å². The molecule has 0 aliphatic rings. The van der Waals surface area contributed by atoms with Gasteiger partial charge in [0, 0.05) is 19.1 Å². The third-order valence-corrected chi connectivity index (χ3v) is 5.05. The number of imidazole rings is 1. The molecule has 1 heterocycles. The minimum Gasteiger partial charge on any atom is -0.494 e. The van der Waals surface area contributed by atoms with Crippen LogP contribution in [0, 0.1) is 0 Å². The summed E-state index contributed by atoms with van der Waals surface area (Å²) in [4.78, 5) is 8.16. The summed E-state index contributed by atoms with van der Waals surface area (Å²) in [5, 5.41) is 0. The summed E-state index contributed by atoms with van der Waals surface area (Å²) in [5.74, 6) is 2.45. The number of aromatic amines is 1. The van der Waals surface area contributed by atoms with Crippen LogP contribution < -0.4 is 9.47 Å². The molecule has 1 atom stereocenters. The van der Waals surface area contributed by atoms with Crippen LogP contribution in [0.4, 0.5) is 0 Å². The summed E-state index contributed by atoms with van der Waals surface area (Å²) in [6.07, 6.45) is 0.610. The number of hydrogen-bond donors (Lipinski definition) is 1. The van der Waals surface area contributed by atoms with E-state index in [1.807, 2.05) is 74.5 Å². The number of rotatable bonds is 10. The summed E-state index contributed by atoms with van der Waals surface area (Å²) >= 11 is 0. The van der Waals surface area contributed by atoms with Gasteiger partial charge >= 0.3 is 0 Å². The molecule has 1 aromatic heterocycles. The Bertz CT molecular complexity index is 1090. The zero-order chi connectivity index (χ0) is 21.5. The Hall–Kier alpha value is -3.31. The van der Waals surface area contributed by atoms with Crippen LogP contribution in [-0.2, 0) is 11.2 Å². The maximum absolute atomic E-state index is 6.03. The molecule has 3 aromatic carbocycles. The molecule has 0 saturated heterocycles. The van der Waals surface area contributed by atoms with Crippen LogP contribution in [-0.4, -0.2) is 29.8 Å². The average molecular weight is 417 g/mol. The van der Waals surface area contributed by atoms with E-state index < -0.39 is 0 Å². The number of nitrogens with zero attached hydrogens (tertiary/aromatic N) is 1. The van der Waals surface area contributed by atoms with Crippen molar-refractivity contribution in [2.75, 3.05) is 19.8 Å². The second-order valence-electron chi connectivity index (χ2n) is 7.22. The predicted octanol–water partition coefficient (Wildman–Crippen LogP) is 5.71. The Kier molecular flexibility index (Phi) is 6.85. The first-order valence-corrected chi connectivity index (χ1v) is 10.8. The van der Waals surface area contributed by atoms with Crippen molar-refractivity contribution in [1.29, 1.82) is 0 Å². The topological polar surface area (TPSA) is 56.4 Å². The Labute approximate surface area is 183 Å². The van der Waals surface area contributed by atoms with Crippen molar-refractivity contribution < 1.29 is 14.2 Å². The molecule has 0 aliphatic heterocycles. The van der Waals surface area contributed by atoms with Gasteiger partial charge in [-0.15, -0.1) is 0 Å². The van der Waals surface area contributed by atoms with Gasteiger partial charge in [0.05, 0.1) is 24.2 Å². The highest BCUT2D eigenvalue weighted by Crippen LogP contribution is 2.28. The van der Waals surface area contributed by atoms with E-state index in [-0.39, 0.29) is 6.10 Å². The van der Waals surface area contributed by atoms with Gasteiger partial charge in [-0.2, -0.15) is 0 Å². The molecule has 1 unspecified atom stereocenters. The Balaban J connectivity index is 1.47. The normalized spacial score (nSPS) is 12.1. The first-order chi connectivity index (χ1) is 15.3. The average Bonchev–Trinajstić information content (AvgIpc) is 3.22. The smallest absolute Gasteiger partial charge is 0.141 e. The van der Waals surface area contributed by atoms with Gasteiger partial charge in [0.25, 0.3) is 0 Å². The number of hydrogen-bond acceptors (Lipinski definition) is 4. The lowest BCUT2D eigenvalue weighted by molar-refractivity contribution is 0.0859. The fraction of sp³-hybridized carbons (Fsp3) is 0.269. The lowest BCUT2D eigenvalue weighted by Crippen LogP contribution is -2.08. The van der Waals surface area contributed by atoms with Crippen molar-refractivity contribution >= 4 is 11.0 Å². The molecule has 0 bridgehead atoms. The largest absolute Gasteiger partial charge is 0.494 e. The second kappa shape index (κ2) is 10.1. The standard InChI is InChI=1S/C26H28N2O3/c1-3-29-22-14-15-23-24(18-22)28-26(27-23)25(30-4-2)20-10-12-21(13-11-20)31-17-16-19-8-6-5-7-9-19/h5-15,18,25H,3-4,16-17H2,1-2H3,(H,27,28). The second-order valence-corrected chi connectivity index (χ2v) is 7.22. The van der Waals surface area contributed by atoms with Gasteiger partial charge in [0.15, 0.2) is 0 Å². The van der Waals surface area contributed by atoms with Crippen LogP contribution in [0.5, 0.6) is 11.5 Å². The Morgan fingerprint density at radius 2 is 1.61 bits per heavy atom. The van der Waals surface area contributed by atoms with Gasteiger partial charge in [-0.3, -0.25) is 0 Å². The van der Waals surface area contributed by atoms with Crippen molar-refractivity contribution in [3.8, 4) is 11.5 Å². The van der Waals surface area contributed by atoms with Crippen LogP contribution in [0.15, 0.2) is 72.8 Å².